The third kappa shape index (κ3) is 6.61. The molecule has 0 aliphatic heterocycles. The highest BCUT2D eigenvalue weighted by molar-refractivity contribution is 5.94. The molecule has 46 heavy (non-hydrogen) atoms. The van der Waals surface area contributed by atoms with Gasteiger partial charge in [-0.15, -0.1) is 0 Å². The zero-order chi connectivity index (χ0) is 32.7. The predicted molar refractivity (Wildman–Crippen MR) is 182 cm³/mol. The van der Waals surface area contributed by atoms with Crippen LogP contribution in [0.5, 0.6) is 5.75 Å². The molecule has 6 heteroatoms. The smallest absolute Gasteiger partial charge is 0.341 e. The molecule has 1 aliphatic rings. The van der Waals surface area contributed by atoms with Crippen molar-refractivity contribution in [2.75, 3.05) is 53.4 Å². The molecule has 242 valence electrons. The standard InChI is InChI=1S/C40H46O6/c1-7-30-25-31(12-11-29(30)5)40(36-23-27(3)9-14-33(36)34-15-10-28(4)24-37(34)40)32-13-16-38(35(26-32)39(41)45-8-2)46-22-21-44-20-19-43-18-17-42-6/h9-16,23-26H,7-8,17-22H2,1-6H3. The van der Waals surface area contributed by atoms with E-state index in [9.17, 15) is 4.79 Å². The zero-order valence-corrected chi connectivity index (χ0v) is 28.0. The highest BCUT2D eigenvalue weighted by atomic mass is 16.6. The third-order valence-corrected chi connectivity index (χ3v) is 8.81. The number of fused-ring (bicyclic) bond motifs is 3. The van der Waals surface area contributed by atoms with Crippen LogP contribution in [0.3, 0.4) is 0 Å². The first kappa shape index (κ1) is 33.4. The number of aryl methyl sites for hydroxylation is 4. The highest BCUT2D eigenvalue weighted by Crippen LogP contribution is 2.57. The zero-order valence-electron chi connectivity index (χ0n) is 28.0. The van der Waals surface area contributed by atoms with E-state index in [1.165, 1.54) is 50.1 Å². The van der Waals surface area contributed by atoms with Gasteiger partial charge in [0.2, 0.25) is 0 Å². The van der Waals surface area contributed by atoms with E-state index in [-0.39, 0.29) is 13.2 Å². The van der Waals surface area contributed by atoms with Crippen molar-refractivity contribution in [3.63, 3.8) is 0 Å². The molecule has 1 aliphatic carbocycles. The summed E-state index contributed by atoms with van der Waals surface area (Å²) in [7, 11) is 1.65. The van der Waals surface area contributed by atoms with E-state index in [0.29, 0.717) is 44.3 Å². The number of ether oxygens (including phenoxy) is 5. The Morgan fingerprint density at radius 3 is 1.87 bits per heavy atom. The quantitative estimate of drug-likeness (QED) is 0.0878. The molecular formula is C40H46O6. The minimum atomic E-state index is -0.647. The van der Waals surface area contributed by atoms with Crippen LogP contribution >= 0.6 is 0 Å². The lowest BCUT2D eigenvalue weighted by molar-refractivity contribution is 0.0178. The Kier molecular flexibility index (Phi) is 10.9. The molecule has 6 nitrogen and oxygen atoms in total. The molecule has 4 aromatic rings. The summed E-state index contributed by atoms with van der Waals surface area (Å²) in [6.07, 6.45) is 0.930. The molecule has 0 spiro atoms. The number of rotatable bonds is 15. The molecule has 0 heterocycles. The van der Waals surface area contributed by atoms with Gasteiger partial charge in [-0.2, -0.15) is 0 Å². The van der Waals surface area contributed by atoms with Crippen LogP contribution in [0.2, 0.25) is 0 Å². The van der Waals surface area contributed by atoms with Crippen LogP contribution in [0.1, 0.15) is 68.7 Å². The topological polar surface area (TPSA) is 63.2 Å². The highest BCUT2D eigenvalue weighted by Gasteiger charge is 2.47. The van der Waals surface area contributed by atoms with Gasteiger partial charge in [0.15, 0.2) is 0 Å². The first-order valence-corrected chi connectivity index (χ1v) is 16.3. The number of hydrogen-bond donors (Lipinski definition) is 0. The summed E-state index contributed by atoms with van der Waals surface area (Å²) < 4.78 is 27.9. The van der Waals surface area contributed by atoms with Crippen molar-refractivity contribution in [1.29, 1.82) is 0 Å². The number of hydrogen-bond acceptors (Lipinski definition) is 6. The van der Waals surface area contributed by atoms with Gasteiger partial charge in [-0.05, 0) is 90.8 Å². The van der Waals surface area contributed by atoms with Gasteiger partial charge in [0.25, 0.3) is 0 Å². The number of methoxy groups -OCH3 is 1. The van der Waals surface area contributed by atoms with Crippen molar-refractivity contribution in [2.24, 2.45) is 0 Å². The number of carbonyl (C=O) groups excluding carboxylic acids is 1. The Hall–Kier alpha value is -3.97. The second-order valence-electron chi connectivity index (χ2n) is 11.8. The van der Waals surface area contributed by atoms with Gasteiger partial charge in [0.05, 0.1) is 45.1 Å². The Labute approximate surface area is 273 Å². The average molecular weight is 623 g/mol. The molecule has 0 unspecified atom stereocenters. The Morgan fingerprint density at radius 1 is 0.674 bits per heavy atom. The van der Waals surface area contributed by atoms with Crippen LogP contribution in [-0.2, 0) is 30.8 Å². The first-order chi connectivity index (χ1) is 22.3. The second-order valence-corrected chi connectivity index (χ2v) is 11.8. The molecule has 5 rings (SSSR count). The monoisotopic (exact) mass is 622 g/mol. The molecule has 0 saturated heterocycles. The third-order valence-electron chi connectivity index (χ3n) is 8.81. The van der Waals surface area contributed by atoms with E-state index in [4.69, 9.17) is 23.7 Å². The number of esters is 1. The van der Waals surface area contributed by atoms with E-state index in [1.54, 1.807) is 7.11 Å². The molecule has 0 aromatic heterocycles. The second kappa shape index (κ2) is 15.1. The molecule has 4 aromatic carbocycles. The van der Waals surface area contributed by atoms with Crippen molar-refractivity contribution in [2.45, 2.75) is 46.5 Å². The summed E-state index contributed by atoms with van der Waals surface area (Å²) in [6, 6.07) is 26.3. The number of benzene rings is 4. The summed E-state index contributed by atoms with van der Waals surface area (Å²) in [5.74, 6) is 0.0643. The maximum Gasteiger partial charge on any atom is 0.341 e. The van der Waals surface area contributed by atoms with E-state index >= 15 is 0 Å². The van der Waals surface area contributed by atoms with Crippen molar-refractivity contribution < 1.29 is 28.5 Å². The van der Waals surface area contributed by atoms with Crippen molar-refractivity contribution in [3.05, 3.63) is 123 Å². The van der Waals surface area contributed by atoms with E-state index < -0.39 is 11.4 Å². The summed E-state index contributed by atoms with van der Waals surface area (Å²) >= 11 is 0. The van der Waals surface area contributed by atoms with Crippen molar-refractivity contribution >= 4 is 5.97 Å². The van der Waals surface area contributed by atoms with Gasteiger partial charge < -0.3 is 23.7 Å². The molecule has 0 fully saturated rings. The minimum Gasteiger partial charge on any atom is -0.490 e. The van der Waals surface area contributed by atoms with Crippen LogP contribution in [0.4, 0.5) is 0 Å². The van der Waals surface area contributed by atoms with Crippen LogP contribution in [0.15, 0.2) is 72.8 Å². The molecule has 0 amide bonds. The summed E-state index contributed by atoms with van der Waals surface area (Å²) in [4.78, 5) is 13.5. The lowest BCUT2D eigenvalue weighted by Gasteiger charge is -2.35. The van der Waals surface area contributed by atoms with Crippen LogP contribution in [-0.4, -0.2) is 59.3 Å². The van der Waals surface area contributed by atoms with E-state index in [0.717, 1.165) is 12.0 Å². The lowest BCUT2D eigenvalue weighted by Crippen LogP contribution is -2.29. The summed E-state index contributed by atoms with van der Waals surface area (Å²) in [5.41, 5.74) is 11.7. The van der Waals surface area contributed by atoms with Crippen LogP contribution < -0.4 is 4.74 Å². The maximum absolute atomic E-state index is 13.5. The van der Waals surface area contributed by atoms with E-state index in [1.807, 2.05) is 19.1 Å². The van der Waals surface area contributed by atoms with E-state index in [2.05, 4.69) is 88.4 Å². The predicted octanol–water partition coefficient (Wildman–Crippen LogP) is 7.77. The molecule has 0 saturated carbocycles. The van der Waals surface area contributed by atoms with Crippen LogP contribution in [0, 0.1) is 20.8 Å². The average Bonchev–Trinajstić information content (AvgIpc) is 3.33. The lowest BCUT2D eigenvalue weighted by atomic mass is 9.66. The van der Waals surface area contributed by atoms with Gasteiger partial charge >= 0.3 is 5.97 Å². The van der Waals surface area contributed by atoms with Crippen molar-refractivity contribution in [3.8, 4) is 16.9 Å². The molecule has 0 bridgehead atoms. The molecular weight excluding hydrogens is 576 g/mol. The Morgan fingerprint density at radius 2 is 1.26 bits per heavy atom. The van der Waals surface area contributed by atoms with Gasteiger partial charge in [-0.1, -0.05) is 78.7 Å². The summed E-state index contributed by atoms with van der Waals surface area (Å²) in [6.45, 7) is 13.4. The normalized spacial score (nSPS) is 12.9. The number of carbonyl (C=O) groups is 1. The SMILES string of the molecule is CCOC(=O)c1cc(C2(c3ccc(C)c(CC)c3)c3cc(C)ccc3-c3ccc(C)cc32)ccc1OCCOCCOCCOC. The fraction of sp³-hybridized carbons (Fsp3) is 0.375. The minimum absolute atomic E-state index is 0.266. The molecule has 0 N–H and O–H groups in total. The fourth-order valence-corrected chi connectivity index (χ4v) is 6.56. The van der Waals surface area contributed by atoms with Gasteiger partial charge in [-0.3, -0.25) is 0 Å². The Balaban J connectivity index is 1.61. The first-order valence-electron chi connectivity index (χ1n) is 16.3. The van der Waals surface area contributed by atoms with Crippen LogP contribution in [0.25, 0.3) is 11.1 Å². The fourth-order valence-electron chi connectivity index (χ4n) is 6.56. The maximum atomic E-state index is 13.5. The van der Waals surface area contributed by atoms with Gasteiger partial charge in [0.1, 0.15) is 17.9 Å². The summed E-state index contributed by atoms with van der Waals surface area (Å²) in [5, 5.41) is 0. The van der Waals surface area contributed by atoms with Crippen molar-refractivity contribution in [1.82, 2.24) is 0 Å². The molecule has 0 atom stereocenters. The van der Waals surface area contributed by atoms with Gasteiger partial charge in [-0.25, -0.2) is 4.79 Å². The van der Waals surface area contributed by atoms with Gasteiger partial charge in [0, 0.05) is 7.11 Å². The largest absolute Gasteiger partial charge is 0.490 e. The molecule has 0 radical (unpaired) electrons. The Bertz CT molecular complexity index is 1620.